The lowest BCUT2D eigenvalue weighted by atomic mass is 10.1. The van der Waals surface area contributed by atoms with Gasteiger partial charge in [-0.3, -0.25) is 4.79 Å². The van der Waals surface area contributed by atoms with E-state index in [0.29, 0.717) is 35.7 Å². The molecule has 1 amide bonds. The molecule has 25 heavy (non-hydrogen) atoms. The molecule has 2 aromatic rings. The molecule has 0 spiro atoms. The van der Waals surface area contributed by atoms with E-state index in [1.165, 1.54) is 0 Å². The summed E-state index contributed by atoms with van der Waals surface area (Å²) in [6.45, 7) is 1.90. The monoisotopic (exact) mass is 428 g/mol. The van der Waals surface area contributed by atoms with Crippen LogP contribution in [-0.4, -0.2) is 20.1 Å². The summed E-state index contributed by atoms with van der Waals surface area (Å²) in [6, 6.07) is 9.35. The number of carbonyl (C=O) groups excluding carboxylic acids is 1. The number of amides is 1. The lowest BCUT2D eigenvalue weighted by Gasteiger charge is -2.12. The van der Waals surface area contributed by atoms with Crippen LogP contribution in [0, 0.1) is 6.92 Å². The largest absolute Gasteiger partial charge is 0.493 e. The van der Waals surface area contributed by atoms with Crippen LogP contribution in [0.1, 0.15) is 17.5 Å². The fourth-order valence-electron chi connectivity index (χ4n) is 2.36. The molecule has 0 heterocycles. The third-order valence-electron chi connectivity index (χ3n) is 3.71. The van der Waals surface area contributed by atoms with E-state index < -0.39 is 0 Å². The zero-order chi connectivity index (χ0) is 17.7. The first-order chi connectivity index (χ1) is 11.4. The van der Waals surface area contributed by atoms with Gasteiger partial charge in [0.05, 0.1) is 25.6 Å². The van der Waals surface area contributed by atoms with Crippen molar-refractivity contribution in [3.05, 3.63) is 45.9 Å². The Balaban J connectivity index is 0.00000312. The van der Waals surface area contributed by atoms with Gasteiger partial charge in [0.2, 0.25) is 5.91 Å². The van der Waals surface area contributed by atoms with Crippen molar-refractivity contribution in [2.45, 2.75) is 19.8 Å². The molecule has 0 fully saturated rings. The maximum Gasteiger partial charge on any atom is 0.224 e. The number of halogens is 2. The third kappa shape index (κ3) is 5.54. The van der Waals surface area contributed by atoms with Gasteiger partial charge in [0.1, 0.15) is 0 Å². The maximum atomic E-state index is 12.2. The Labute approximate surface area is 162 Å². The second kappa shape index (κ2) is 9.53. The van der Waals surface area contributed by atoms with Crippen molar-refractivity contribution in [2.24, 2.45) is 0 Å². The van der Waals surface area contributed by atoms with Gasteiger partial charge in [-0.05, 0) is 48.7 Å². The second-order valence-electron chi connectivity index (χ2n) is 5.42. The molecule has 0 saturated heterocycles. The molecule has 0 bridgehead atoms. The zero-order valence-corrected chi connectivity index (χ0v) is 16.8. The Bertz CT molecular complexity index is 753. The van der Waals surface area contributed by atoms with Crippen LogP contribution in [0.2, 0.25) is 0 Å². The van der Waals surface area contributed by atoms with Gasteiger partial charge in [-0.1, -0.05) is 22.0 Å². The number of nitrogen functional groups attached to an aromatic ring is 1. The van der Waals surface area contributed by atoms with Crippen molar-refractivity contribution in [3.63, 3.8) is 0 Å². The van der Waals surface area contributed by atoms with Crippen LogP contribution in [0.15, 0.2) is 34.8 Å². The number of hydrogen-bond donors (Lipinski definition) is 2. The minimum Gasteiger partial charge on any atom is -0.493 e. The van der Waals surface area contributed by atoms with Crippen molar-refractivity contribution in [1.82, 2.24) is 0 Å². The van der Waals surface area contributed by atoms with E-state index in [4.69, 9.17) is 15.2 Å². The van der Waals surface area contributed by atoms with Gasteiger partial charge in [-0.15, -0.1) is 12.4 Å². The summed E-state index contributed by atoms with van der Waals surface area (Å²) in [6.07, 6.45) is 0.944. The smallest absolute Gasteiger partial charge is 0.224 e. The van der Waals surface area contributed by atoms with Crippen LogP contribution < -0.4 is 20.5 Å². The summed E-state index contributed by atoms with van der Waals surface area (Å²) in [5, 5.41) is 2.86. The molecule has 0 atom stereocenters. The molecule has 136 valence electrons. The van der Waals surface area contributed by atoms with Crippen LogP contribution in [0.3, 0.4) is 0 Å². The summed E-state index contributed by atoms with van der Waals surface area (Å²) in [7, 11) is 3.18. The lowest BCUT2D eigenvalue weighted by molar-refractivity contribution is -0.116. The molecule has 0 aromatic heterocycles. The molecule has 0 radical (unpaired) electrons. The van der Waals surface area contributed by atoms with E-state index in [-0.39, 0.29) is 18.3 Å². The minimum absolute atomic E-state index is 0. The molecule has 2 aromatic carbocycles. The van der Waals surface area contributed by atoms with Crippen LogP contribution in [0.25, 0.3) is 0 Å². The van der Waals surface area contributed by atoms with E-state index in [1.54, 1.807) is 20.3 Å². The highest BCUT2D eigenvalue weighted by molar-refractivity contribution is 9.10. The first-order valence-electron chi connectivity index (χ1n) is 7.51. The Morgan fingerprint density at radius 2 is 1.84 bits per heavy atom. The molecule has 5 nitrogen and oxygen atoms in total. The molecular weight excluding hydrogens is 408 g/mol. The molecule has 0 unspecified atom stereocenters. The average molecular weight is 430 g/mol. The first kappa shape index (κ1) is 21.1. The number of methoxy groups -OCH3 is 2. The van der Waals surface area contributed by atoms with E-state index in [0.717, 1.165) is 15.6 Å². The highest BCUT2D eigenvalue weighted by Gasteiger charge is 2.10. The highest BCUT2D eigenvalue weighted by Crippen LogP contribution is 2.29. The minimum atomic E-state index is -0.0889. The molecule has 0 aliphatic carbocycles. The number of nitrogens with one attached hydrogen (secondary N) is 1. The van der Waals surface area contributed by atoms with Gasteiger partial charge in [-0.2, -0.15) is 0 Å². The van der Waals surface area contributed by atoms with E-state index in [2.05, 4.69) is 21.2 Å². The molecule has 7 heteroatoms. The Hall–Kier alpha value is -1.92. The van der Waals surface area contributed by atoms with E-state index in [9.17, 15) is 4.79 Å². The summed E-state index contributed by atoms with van der Waals surface area (Å²) < 4.78 is 11.4. The number of hydrogen-bond acceptors (Lipinski definition) is 4. The molecular formula is C18H22BrClN2O3. The number of rotatable bonds is 6. The van der Waals surface area contributed by atoms with E-state index >= 15 is 0 Å². The quantitative estimate of drug-likeness (QED) is 0.670. The third-order valence-corrected chi connectivity index (χ3v) is 4.17. The predicted octanol–water partition coefficient (Wildman–Crippen LogP) is 4.35. The van der Waals surface area contributed by atoms with Gasteiger partial charge in [0, 0.05) is 10.9 Å². The SMILES string of the molecule is COc1ccc(CCC(=O)Nc2cc(Br)cc(C)c2N)cc1OC.Cl. The number of ether oxygens (including phenoxy) is 2. The predicted molar refractivity (Wildman–Crippen MR) is 107 cm³/mol. The van der Waals surface area contributed by atoms with Gasteiger partial charge < -0.3 is 20.5 Å². The Morgan fingerprint density at radius 3 is 2.48 bits per heavy atom. The zero-order valence-electron chi connectivity index (χ0n) is 14.4. The summed E-state index contributed by atoms with van der Waals surface area (Å²) in [4.78, 5) is 12.2. The van der Waals surface area contributed by atoms with Crippen LogP contribution in [0.4, 0.5) is 11.4 Å². The van der Waals surface area contributed by atoms with Crippen molar-refractivity contribution in [3.8, 4) is 11.5 Å². The number of anilines is 2. The standard InChI is InChI=1S/C18H21BrN2O3.ClH/c1-11-8-13(19)10-14(18(11)20)21-17(22)7-5-12-4-6-15(23-2)16(9-12)24-3;/h4,6,8-10H,5,7,20H2,1-3H3,(H,21,22);1H. The molecule has 3 N–H and O–H groups in total. The molecule has 2 rings (SSSR count). The molecule has 0 aliphatic heterocycles. The first-order valence-corrected chi connectivity index (χ1v) is 8.30. The topological polar surface area (TPSA) is 73.6 Å². The molecule has 0 saturated carbocycles. The Kier molecular flexibility index (Phi) is 8.06. The number of carbonyl (C=O) groups is 1. The number of nitrogens with two attached hydrogens (primary N) is 1. The average Bonchev–Trinajstić information content (AvgIpc) is 2.57. The summed E-state index contributed by atoms with van der Waals surface area (Å²) in [5.41, 5.74) is 9.13. The van der Waals surface area contributed by atoms with Gasteiger partial charge >= 0.3 is 0 Å². The Morgan fingerprint density at radius 1 is 1.16 bits per heavy atom. The van der Waals surface area contributed by atoms with Gasteiger partial charge in [0.25, 0.3) is 0 Å². The highest BCUT2D eigenvalue weighted by atomic mass is 79.9. The van der Waals surface area contributed by atoms with Crippen molar-refractivity contribution in [1.29, 1.82) is 0 Å². The lowest BCUT2D eigenvalue weighted by Crippen LogP contribution is -2.14. The van der Waals surface area contributed by atoms with Gasteiger partial charge in [-0.25, -0.2) is 0 Å². The maximum absolute atomic E-state index is 12.2. The number of benzene rings is 2. The van der Waals surface area contributed by atoms with Gasteiger partial charge in [0.15, 0.2) is 11.5 Å². The number of aryl methyl sites for hydroxylation is 2. The fourth-order valence-corrected chi connectivity index (χ4v) is 2.94. The van der Waals surface area contributed by atoms with Crippen LogP contribution in [0.5, 0.6) is 11.5 Å². The fraction of sp³-hybridized carbons (Fsp3) is 0.278. The summed E-state index contributed by atoms with van der Waals surface area (Å²) in [5.74, 6) is 1.24. The van der Waals surface area contributed by atoms with E-state index in [1.807, 2.05) is 31.2 Å². The van der Waals surface area contributed by atoms with Crippen molar-refractivity contribution in [2.75, 3.05) is 25.3 Å². The summed E-state index contributed by atoms with van der Waals surface area (Å²) >= 11 is 3.41. The van der Waals surface area contributed by atoms with Crippen LogP contribution >= 0.6 is 28.3 Å². The second-order valence-corrected chi connectivity index (χ2v) is 6.34. The molecule has 0 aliphatic rings. The van der Waals surface area contributed by atoms with Crippen LogP contribution in [-0.2, 0) is 11.2 Å². The van der Waals surface area contributed by atoms with Crippen molar-refractivity contribution < 1.29 is 14.3 Å². The van der Waals surface area contributed by atoms with Crippen molar-refractivity contribution >= 4 is 45.6 Å². The normalized spacial score (nSPS) is 9.92.